The maximum absolute atomic E-state index is 12.8. The van der Waals surface area contributed by atoms with Gasteiger partial charge in [0.2, 0.25) is 5.78 Å². The molecule has 2 unspecified atom stereocenters. The molecule has 3 N–H and O–H groups in total. The summed E-state index contributed by atoms with van der Waals surface area (Å²) in [6.07, 6.45) is 17.6. The Morgan fingerprint density at radius 3 is 2.21 bits per heavy atom. The van der Waals surface area contributed by atoms with E-state index >= 15 is 0 Å². The largest absolute Gasteiger partial charge is 0.390 e. The lowest BCUT2D eigenvalue weighted by atomic mass is 10.1. The highest BCUT2D eigenvalue weighted by molar-refractivity contribution is 7.85. The Bertz CT molecular complexity index is 738. The van der Waals surface area contributed by atoms with Gasteiger partial charge in [-0.05, 0) is 32.1 Å². The maximum Gasteiger partial charge on any atom is 0.267 e. The van der Waals surface area contributed by atoms with Crippen LogP contribution < -0.4 is 0 Å². The van der Waals surface area contributed by atoms with Crippen molar-refractivity contribution in [1.82, 2.24) is 0 Å². The number of hydrogen-bond acceptors (Lipinski definition) is 6. The predicted molar refractivity (Wildman–Crippen MR) is 137 cm³/mol. The van der Waals surface area contributed by atoms with Crippen LogP contribution in [0.4, 0.5) is 0 Å². The SMILES string of the molecule is CCCCCC/C=C/CCCCCCCCC(=O)C1=NCC[N+]1(CCO)CC(O)CS(=O)(=O)O. The summed E-state index contributed by atoms with van der Waals surface area (Å²) in [5, 5.41) is 19.6. The molecule has 0 aromatic heterocycles. The highest BCUT2D eigenvalue weighted by Gasteiger charge is 2.43. The number of aliphatic imine (C=N–C) groups is 1. The first-order chi connectivity index (χ1) is 16.2. The van der Waals surface area contributed by atoms with Crippen molar-refractivity contribution in [3.63, 3.8) is 0 Å². The van der Waals surface area contributed by atoms with E-state index in [2.05, 4.69) is 24.1 Å². The van der Waals surface area contributed by atoms with Crippen LogP contribution in [0.5, 0.6) is 0 Å². The number of allylic oxidation sites excluding steroid dienone is 2. The molecule has 0 saturated carbocycles. The summed E-state index contributed by atoms with van der Waals surface area (Å²) in [6.45, 7) is 2.95. The second kappa shape index (κ2) is 17.3. The van der Waals surface area contributed by atoms with E-state index in [1.54, 1.807) is 0 Å². The van der Waals surface area contributed by atoms with Crippen molar-refractivity contribution in [3.05, 3.63) is 12.2 Å². The highest BCUT2D eigenvalue weighted by Crippen LogP contribution is 2.20. The van der Waals surface area contributed by atoms with Gasteiger partial charge in [0.25, 0.3) is 16.0 Å². The van der Waals surface area contributed by atoms with Crippen molar-refractivity contribution in [2.45, 2.75) is 96.5 Å². The highest BCUT2D eigenvalue weighted by atomic mass is 32.2. The first-order valence-electron chi connectivity index (χ1n) is 13.1. The number of aliphatic hydroxyl groups excluding tert-OH is 2. The third-order valence-electron chi connectivity index (χ3n) is 6.40. The monoisotopic (exact) mass is 503 g/mol. The van der Waals surface area contributed by atoms with Crippen molar-refractivity contribution < 1.29 is 32.5 Å². The lowest BCUT2D eigenvalue weighted by Gasteiger charge is -2.34. The molecule has 1 aliphatic heterocycles. The van der Waals surface area contributed by atoms with Gasteiger partial charge in [-0.1, -0.05) is 64.0 Å². The third kappa shape index (κ3) is 13.1. The van der Waals surface area contributed by atoms with Crippen LogP contribution in [0.15, 0.2) is 17.1 Å². The Morgan fingerprint density at radius 1 is 1.03 bits per heavy atom. The van der Waals surface area contributed by atoms with Gasteiger partial charge in [-0.15, -0.1) is 0 Å². The number of unbranched alkanes of at least 4 members (excludes halogenated alkanes) is 10. The molecule has 1 heterocycles. The molecule has 0 aliphatic carbocycles. The first kappa shape index (κ1) is 30.9. The van der Waals surface area contributed by atoms with Crippen LogP contribution in [0, 0.1) is 0 Å². The van der Waals surface area contributed by atoms with Crippen LogP contribution >= 0.6 is 0 Å². The van der Waals surface area contributed by atoms with E-state index in [4.69, 9.17) is 4.55 Å². The summed E-state index contributed by atoms with van der Waals surface area (Å²) in [5.41, 5.74) is 0. The topological polar surface area (TPSA) is 124 Å². The molecule has 0 aromatic rings. The maximum atomic E-state index is 12.8. The number of carbonyl (C=O) groups is 1. The normalized spacial score (nSPS) is 19.6. The van der Waals surface area contributed by atoms with Crippen molar-refractivity contribution in [3.8, 4) is 0 Å². The Balaban J connectivity index is 2.28. The molecule has 8 nitrogen and oxygen atoms in total. The van der Waals surface area contributed by atoms with Crippen molar-refractivity contribution in [1.29, 1.82) is 0 Å². The van der Waals surface area contributed by atoms with E-state index in [1.807, 2.05) is 0 Å². The molecule has 0 amide bonds. The van der Waals surface area contributed by atoms with Crippen LogP contribution in [0.1, 0.15) is 90.4 Å². The predicted octanol–water partition coefficient (Wildman–Crippen LogP) is 3.67. The van der Waals surface area contributed by atoms with Gasteiger partial charge in [-0.2, -0.15) is 8.42 Å². The quantitative estimate of drug-likeness (QED) is 0.0950. The summed E-state index contributed by atoms with van der Waals surface area (Å²) in [4.78, 5) is 17.2. The van der Waals surface area contributed by atoms with Crippen molar-refractivity contribution in [2.24, 2.45) is 4.99 Å². The summed E-state index contributed by atoms with van der Waals surface area (Å²) in [5.74, 6) is -0.590. The molecule has 1 aliphatic rings. The molecule has 0 spiro atoms. The number of ketones is 1. The van der Waals surface area contributed by atoms with E-state index < -0.39 is 22.0 Å². The second-order valence-corrected chi connectivity index (χ2v) is 11.0. The molecule has 0 bridgehead atoms. The summed E-state index contributed by atoms with van der Waals surface area (Å²) < 4.78 is 31.2. The van der Waals surface area contributed by atoms with Gasteiger partial charge in [-0.25, -0.2) is 4.99 Å². The zero-order valence-electron chi connectivity index (χ0n) is 21.0. The van der Waals surface area contributed by atoms with Crippen LogP contribution in [0.2, 0.25) is 0 Å². The smallest absolute Gasteiger partial charge is 0.267 e. The minimum atomic E-state index is -4.33. The lowest BCUT2D eigenvalue weighted by molar-refractivity contribution is -0.837. The molecular formula is C25H47N2O6S+. The number of rotatable bonds is 21. The Morgan fingerprint density at radius 2 is 1.62 bits per heavy atom. The van der Waals surface area contributed by atoms with E-state index in [9.17, 15) is 23.4 Å². The van der Waals surface area contributed by atoms with Crippen molar-refractivity contribution >= 4 is 21.7 Å². The number of Topliss-reactive ketones (excluding diaryl/α,β-unsaturated/α-hetero) is 1. The standard InChI is InChI=1S/C25H46N2O6S/c1-2-3-4-5-6-7-8-9-10-11-12-13-14-15-16-24(30)25-26-17-18-27(25,19-20-28)21-23(29)22-34(31,32)33/h7-8,23,28-29H,2-6,9-22H2,1H3/p+1/b8-7+. The fourth-order valence-corrected chi connectivity index (χ4v) is 5.22. The number of hydrogen-bond donors (Lipinski definition) is 3. The average molecular weight is 504 g/mol. The summed E-state index contributed by atoms with van der Waals surface area (Å²) in [7, 11) is -4.33. The van der Waals surface area contributed by atoms with Gasteiger partial charge in [-0.3, -0.25) is 13.8 Å². The second-order valence-electron chi connectivity index (χ2n) is 9.51. The number of quaternary nitrogens is 1. The van der Waals surface area contributed by atoms with Crippen LogP contribution in [-0.4, -0.2) is 83.9 Å². The molecule has 0 radical (unpaired) electrons. The molecule has 34 heavy (non-hydrogen) atoms. The molecular weight excluding hydrogens is 456 g/mol. The number of amidine groups is 1. The van der Waals surface area contributed by atoms with Gasteiger partial charge < -0.3 is 10.2 Å². The van der Waals surface area contributed by atoms with E-state index in [0.29, 0.717) is 25.3 Å². The summed E-state index contributed by atoms with van der Waals surface area (Å²) in [6, 6.07) is 0. The molecule has 1 rings (SSSR count). The van der Waals surface area contributed by atoms with Crippen LogP contribution in [0.3, 0.4) is 0 Å². The van der Waals surface area contributed by atoms with Gasteiger partial charge in [0.05, 0.1) is 13.2 Å². The number of nitrogens with zero attached hydrogens (tertiary/aromatic N) is 2. The summed E-state index contributed by atoms with van der Waals surface area (Å²) >= 11 is 0. The first-order valence-corrected chi connectivity index (χ1v) is 14.7. The van der Waals surface area contributed by atoms with Gasteiger partial charge >= 0.3 is 0 Å². The Kier molecular flexibility index (Phi) is 15.7. The molecule has 2 atom stereocenters. The van der Waals surface area contributed by atoms with Gasteiger partial charge in [0.1, 0.15) is 31.5 Å². The van der Waals surface area contributed by atoms with Gasteiger partial charge in [0.15, 0.2) is 0 Å². The van der Waals surface area contributed by atoms with E-state index in [1.165, 1.54) is 44.9 Å². The van der Waals surface area contributed by atoms with Crippen molar-refractivity contribution in [2.75, 3.05) is 38.5 Å². The van der Waals surface area contributed by atoms with Crippen LogP contribution in [-0.2, 0) is 14.9 Å². The zero-order chi connectivity index (χ0) is 25.3. The minimum absolute atomic E-state index is 0.0296. The Labute approximate surface area is 206 Å². The van der Waals surface area contributed by atoms with E-state index in [-0.39, 0.29) is 30.0 Å². The molecule has 0 aromatic carbocycles. The third-order valence-corrected chi connectivity index (χ3v) is 7.20. The number of aliphatic hydroxyl groups is 2. The zero-order valence-corrected chi connectivity index (χ0v) is 21.9. The average Bonchev–Trinajstić information content (AvgIpc) is 3.15. The molecule has 9 heteroatoms. The molecule has 198 valence electrons. The molecule has 0 saturated heterocycles. The molecule has 0 fully saturated rings. The lowest BCUT2D eigenvalue weighted by Crippen LogP contribution is -2.59. The number of carbonyl (C=O) groups excluding carboxylic acids is 1. The fourth-order valence-electron chi connectivity index (χ4n) is 4.62. The fraction of sp³-hybridized carbons (Fsp3) is 0.840. The Hall–Kier alpha value is -1.13. The van der Waals surface area contributed by atoms with Gasteiger partial charge in [0, 0.05) is 6.42 Å². The van der Waals surface area contributed by atoms with E-state index in [0.717, 1.165) is 32.1 Å². The van der Waals surface area contributed by atoms with Crippen LogP contribution in [0.25, 0.3) is 0 Å². The minimum Gasteiger partial charge on any atom is -0.390 e.